The van der Waals surface area contributed by atoms with Gasteiger partial charge in [-0.05, 0) is 41.8 Å². The standard InChI is InChI=1S/C26H26N6O/c27-23-8-4-5-9-24(23)29-26(33)20-12-10-18(11-13-20)16-32-17-21(30-31-32)15-28-25-14-22(25)19-6-2-1-3-7-19/h1-13,17,22,25,28H,14-16,27H2,(H,29,33)/t22?,25-/m1/s1. The topological polar surface area (TPSA) is 97.9 Å². The molecule has 1 heterocycles. The maximum atomic E-state index is 12.5. The van der Waals surface area contributed by atoms with E-state index in [0.29, 0.717) is 42.0 Å². The number of carbonyl (C=O) groups is 1. The first-order chi connectivity index (χ1) is 16.2. The zero-order valence-corrected chi connectivity index (χ0v) is 18.2. The van der Waals surface area contributed by atoms with E-state index < -0.39 is 0 Å². The van der Waals surface area contributed by atoms with Crippen LogP contribution >= 0.6 is 0 Å². The molecule has 2 atom stereocenters. The molecule has 7 heteroatoms. The number of nitrogens with two attached hydrogens (primary N) is 1. The summed E-state index contributed by atoms with van der Waals surface area (Å²) < 4.78 is 1.82. The third kappa shape index (κ3) is 5.10. The van der Waals surface area contributed by atoms with Gasteiger partial charge in [0.05, 0.1) is 29.8 Å². The Hall–Kier alpha value is -3.97. The minimum Gasteiger partial charge on any atom is -0.397 e. The summed E-state index contributed by atoms with van der Waals surface area (Å²) in [5, 5.41) is 14.9. The van der Waals surface area contributed by atoms with Gasteiger partial charge in [0.2, 0.25) is 0 Å². The maximum Gasteiger partial charge on any atom is 0.255 e. The van der Waals surface area contributed by atoms with E-state index in [9.17, 15) is 4.79 Å². The number of nitrogens with zero attached hydrogens (tertiary/aromatic N) is 3. The Kier molecular flexibility index (Phi) is 5.87. The van der Waals surface area contributed by atoms with Gasteiger partial charge in [0.1, 0.15) is 0 Å². The Balaban J connectivity index is 1.12. The first-order valence-electron chi connectivity index (χ1n) is 11.1. The third-order valence-electron chi connectivity index (χ3n) is 5.92. The Labute approximate surface area is 192 Å². The van der Waals surface area contributed by atoms with E-state index in [0.717, 1.165) is 17.7 Å². The molecule has 1 fully saturated rings. The van der Waals surface area contributed by atoms with Crippen LogP contribution in [0.25, 0.3) is 0 Å². The minimum atomic E-state index is -0.192. The highest BCUT2D eigenvalue weighted by Gasteiger charge is 2.37. The average Bonchev–Trinajstić information content (AvgIpc) is 3.50. The number of carbonyl (C=O) groups excluding carboxylic acids is 1. The van der Waals surface area contributed by atoms with Crippen molar-refractivity contribution < 1.29 is 4.79 Å². The smallest absolute Gasteiger partial charge is 0.255 e. The van der Waals surface area contributed by atoms with Gasteiger partial charge in [-0.2, -0.15) is 0 Å². The molecule has 1 aliphatic rings. The largest absolute Gasteiger partial charge is 0.397 e. The Morgan fingerprint density at radius 1 is 1.00 bits per heavy atom. The molecule has 0 radical (unpaired) electrons. The summed E-state index contributed by atoms with van der Waals surface area (Å²) in [4.78, 5) is 12.5. The molecular weight excluding hydrogens is 412 g/mol. The normalized spacial score (nSPS) is 17.0. The first-order valence-corrected chi connectivity index (χ1v) is 11.1. The monoisotopic (exact) mass is 438 g/mol. The summed E-state index contributed by atoms with van der Waals surface area (Å²) in [6.45, 7) is 1.30. The van der Waals surface area contributed by atoms with Crippen molar-refractivity contribution in [1.82, 2.24) is 20.3 Å². The lowest BCUT2D eigenvalue weighted by Crippen LogP contribution is -2.17. The molecule has 166 valence electrons. The van der Waals surface area contributed by atoms with Crippen molar-refractivity contribution >= 4 is 17.3 Å². The number of nitrogens with one attached hydrogen (secondary N) is 2. The van der Waals surface area contributed by atoms with E-state index in [1.807, 2.05) is 35.1 Å². The lowest BCUT2D eigenvalue weighted by Gasteiger charge is -2.08. The fourth-order valence-corrected chi connectivity index (χ4v) is 3.98. The van der Waals surface area contributed by atoms with Gasteiger partial charge >= 0.3 is 0 Å². The number of nitrogen functional groups attached to an aromatic ring is 1. The highest BCUT2D eigenvalue weighted by Crippen LogP contribution is 2.40. The van der Waals surface area contributed by atoms with Crippen molar-refractivity contribution in [2.45, 2.75) is 31.5 Å². The van der Waals surface area contributed by atoms with Crippen LogP contribution in [0.15, 0.2) is 85.1 Å². The Morgan fingerprint density at radius 3 is 2.55 bits per heavy atom. The number of para-hydroxylation sites is 2. The Morgan fingerprint density at radius 2 is 1.76 bits per heavy atom. The number of aromatic nitrogens is 3. The van der Waals surface area contributed by atoms with Gasteiger partial charge in [-0.25, -0.2) is 4.68 Å². The van der Waals surface area contributed by atoms with Crippen molar-refractivity contribution in [3.63, 3.8) is 0 Å². The van der Waals surface area contributed by atoms with Crippen molar-refractivity contribution in [1.29, 1.82) is 0 Å². The number of amides is 1. The minimum absolute atomic E-state index is 0.192. The van der Waals surface area contributed by atoms with Crippen molar-refractivity contribution in [2.24, 2.45) is 0 Å². The second-order valence-corrected chi connectivity index (χ2v) is 8.39. The molecule has 1 amide bonds. The van der Waals surface area contributed by atoms with Crippen LogP contribution in [0.2, 0.25) is 0 Å². The lowest BCUT2D eigenvalue weighted by molar-refractivity contribution is 0.102. The zero-order valence-electron chi connectivity index (χ0n) is 18.2. The molecule has 0 saturated heterocycles. The van der Waals surface area contributed by atoms with Gasteiger partial charge in [-0.1, -0.05) is 59.8 Å². The third-order valence-corrected chi connectivity index (χ3v) is 5.92. The highest BCUT2D eigenvalue weighted by molar-refractivity contribution is 6.05. The highest BCUT2D eigenvalue weighted by atomic mass is 16.1. The molecule has 33 heavy (non-hydrogen) atoms. The Bertz CT molecular complexity index is 1240. The summed E-state index contributed by atoms with van der Waals surface area (Å²) in [5.41, 5.74) is 11.0. The number of benzene rings is 3. The quantitative estimate of drug-likeness (QED) is 0.364. The van der Waals surface area contributed by atoms with Crippen LogP contribution in [0.3, 0.4) is 0 Å². The summed E-state index contributed by atoms with van der Waals surface area (Å²) in [5.74, 6) is 0.401. The van der Waals surface area contributed by atoms with Crippen LogP contribution in [0, 0.1) is 0 Å². The number of hydrogen-bond acceptors (Lipinski definition) is 5. The molecule has 1 aliphatic carbocycles. The van der Waals surface area contributed by atoms with Gasteiger partial charge in [-0.15, -0.1) is 5.10 Å². The van der Waals surface area contributed by atoms with Crippen LogP contribution in [-0.2, 0) is 13.1 Å². The number of anilines is 2. The number of hydrogen-bond donors (Lipinski definition) is 3. The molecule has 0 bridgehead atoms. The molecule has 3 aromatic carbocycles. The molecule has 0 spiro atoms. The summed E-state index contributed by atoms with van der Waals surface area (Å²) in [6, 6.07) is 25.8. The predicted octanol–water partition coefficient (Wildman–Crippen LogP) is 3.81. The summed E-state index contributed by atoms with van der Waals surface area (Å²) >= 11 is 0. The molecule has 1 aromatic heterocycles. The van der Waals surface area contributed by atoms with E-state index in [2.05, 4.69) is 51.3 Å². The molecule has 1 unspecified atom stereocenters. The molecule has 5 rings (SSSR count). The van der Waals surface area contributed by atoms with Gasteiger partial charge in [0.15, 0.2) is 0 Å². The van der Waals surface area contributed by atoms with Crippen LogP contribution in [0.1, 0.15) is 39.5 Å². The fourth-order valence-electron chi connectivity index (χ4n) is 3.98. The average molecular weight is 439 g/mol. The van der Waals surface area contributed by atoms with Crippen molar-refractivity contribution in [3.8, 4) is 0 Å². The second-order valence-electron chi connectivity index (χ2n) is 8.39. The first kappa shape index (κ1) is 20.9. The van der Waals surface area contributed by atoms with E-state index in [-0.39, 0.29) is 5.91 Å². The van der Waals surface area contributed by atoms with Crippen LogP contribution in [0.4, 0.5) is 11.4 Å². The maximum absolute atomic E-state index is 12.5. The molecule has 0 aliphatic heterocycles. The SMILES string of the molecule is Nc1ccccc1NC(=O)c1ccc(Cn2cc(CN[C@@H]3CC3c3ccccc3)nn2)cc1. The second kappa shape index (κ2) is 9.26. The summed E-state index contributed by atoms with van der Waals surface area (Å²) in [7, 11) is 0. The van der Waals surface area contributed by atoms with E-state index in [1.54, 1.807) is 24.3 Å². The van der Waals surface area contributed by atoms with Crippen LogP contribution in [-0.4, -0.2) is 26.9 Å². The number of rotatable bonds is 8. The lowest BCUT2D eigenvalue weighted by atomic mass is 10.1. The predicted molar refractivity (Wildman–Crippen MR) is 129 cm³/mol. The van der Waals surface area contributed by atoms with Gasteiger partial charge in [0.25, 0.3) is 5.91 Å². The van der Waals surface area contributed by atoms with Crippen LogP contribution in [0.5, 0.6) is 0 Å². The molecule has 4 N–H and O–H groups in total. The van der Waals surface area contributed by atoms with E-state index in [1.165, 1.54) is 5.56 Å². The fraction of sp³-hybridized carbons (Fsp3) is 0.192. The molecule has 1 saturated carbocycles. The molecular formula is C26H26N6O. The van der Waals surface area contributed by atoms with Crippen LogP contribution < -0.4 is 16.4 Å². The molecule has 4 aromatic rings. The summed E-state index contributed by atoms with van der Waals surface area (Å²) in [6.07, 6.45) is 3.13. The van der Waals surface area contributed by atoms with Gasteiger partial charge in [0, 0.05) is 24.1 Å². The van der Waals surface area contributed by atoms with Crippen molar-refractivity contribution in [2.75, 3.05) is 11.1 Å². The van der Waals surface area contributed by atoms with E-state index in [4.69, 9.17) is 5.73 Å². The van der Waals surface area contributed by atoms with Gasteiger partial charge in [-0.3, -0.25) is 4.79 Å². The zero-order chi connectivity index (χ0) is 22.6. The molecule has 7 nitrogen and oxygen atoms in total. The van der Waals surface area contributed by atoms with Gasteiger partial charge < -0.3 is 16.4 Å². The van der Waals surface area contributed by atoms with Crippen molar-refractivity contribution in [3.05, 3.63) is 107 Å². The van der Waals surface area contributed by atoms with E-state index >= 15 is 0 Å².